The van der Waals surface area contributed by atoms with Crippen LogP contribution < -0.4 is 9.46 Å². The molecule has 0 spiro atoms. The standard InChI is InChI=1S/C13H9BrClF2NO3S/c14-8-2-1-3-10(6-8)22(19,20)18-9-4-5-12(11(15)7-9)21-13(16)17/h1-7,13,18H. The molecule has 1 N–H and O–H groups in total. The Kier molecular flexibility index (Phi) is 5.25. The van der Waals surface area contributed by atoms with E-state index < -0.39 is 16.6 Å². The van der Waals surface area contributed by atoms with Gasteiger partial charge in [-0.1, -0.05) is 33.6 Å². The fourth-order valence-corrected chi connectivity index (χ4v) is 3.47. The van der Waals surface area contributed by atoms with Crippen LogP contribution in [0.5, 0.6) is 5.75 Å². The van der Waals surface area contributed by atoms with E-state index in [0.29, 0.717) is 4.47 Å². The number of anilines is 1. The Labute approximate surface area is 139 Å². The van der Waals surface area contributed by atoms with E-state index in [-0.39, 0.29) is 21.4 Å². The fraction of sp³-hybridized carbons (Fsp3) is 0.0769. The Morgan fingerprint density at radius 2 is 1.91 bits per heavy atom. The first-order valence-electron chi connectivity index (χ1n) is 5.81. The Hall–Kier alpha value is -1.38. The molecule has 0 aromatic heterocycles. The van der Waals surface area contributed by atoms with E-state index in [1.54, 1.807) is 12.1 Å². The molecule has 2 aromatic carbocycles. The van der Waals surface area contributed by atoms with Crippen molar-refractivity contribution in [3.8, 4) is 5.75 Å². The highest BCUT2D eigenvalue weighted by atomic mass is 79.9. The number of benzene rings is 2. The molecular formula is C13H9BrClF2NO3S. The monoisotopic (exact) mass is 411 g/mol. The second-order valence-electron chi connectivity index (χ2n) is 4.09. The summed E-state index contributed by atoms with van der Waals surface area (Å²) in [7, 11) is -3.82. The summed E-state index contributed by atoms with van der Waals surface area (Å²) in [5, 5.41) is -0.130. The molecule has 0 bridgehead atoms. The van der Waals surface area contributed by atoms with Crippen LogP contribution in [0, 0.1) is 0 Å². The van der Waals surface area contributed by atoms with Crippen molar-refractivity contribution in [2.75, 3.05) is 4.72 Å². The molecule has 0 radical (unpaired) electrons. The number of alkyl halides is 2. The van der Waals surface area contributed by atoms with Crippen molar-refractivity contribution >= 4 is 43.2 Å². The summed E-state index contributed by atoms with van der Waals surface area (Å²) >= 11 is 8.96. The molecule has 0 unspecified atom stereocenters. The quantitative estimate of drug-likeness (QED) is 0.786. The third-order valence-corrected chi connectivity index (χ3v) is 4.67. The fourth-order valence-electron chi connectivity index (χ4n) is 1.60. The zero-order valence-corrected chi connectivity index (χ0v) is 13.9. The minimum atomic E-state index is -3.82. The number of hydrogen-bond acceptors (Lipinski definition) is 3. The lowest BCUT2D eigenvalue weighted by Crippen LogP contribution is -2.13. The molecule has 2 aromatic rings. The van der Waals surface area contributed by atoms with Crippen molar-refractivity contribution in [2.24, 2.45) is 0 Å². The normalized spacial score (nSPS) is 11.5. The van der Waals surface area contributed by atoms with Crippen molar-refractivity contribution < 1.29 is 21.9 Å². The number of sulfonamides is 1. The van der Waals surface area contributed by atoms with Gasteiger partial charge in [-0.05, 0) is 36.4 Å². The molecule has 9 heteroatoms. The number of nitrogens with one attached hydrogen (secondary N) is 1. The Morgan fingerprint density at radius 1 is 1.18 bits per heavy atom. The average Bonchev–Trinajstić information content (AvgIpc) is 2.41. The van der Waals surface area contributed by atoms with Gasteiger partial charge in [0.1, 0.15) is 5.75 Å². The van der Waals surface area contributed by atoms with Crippen molar-refractivity contribution in [1.29, 1.82) is 0 Å². The van der Waals surface area contributed by atoms with Gasteiger partial charge >= 0.3 is 6.61 Å². The van der Waals surface area contributed by atoms with Crippen molar-refractivity contribution in [2.45, 2.75) is 11.5 Å². The highest BCUT2D eigenvalue weighted by molar-refractivity contribution is 9.10. The summed E-state index contributed by atoms with van der Waals surface area (Å²) in [6, 6.07) is 9.74. The van der Waals surface area contributed by atoms with E-state index in [0.717, 1.165) is 6.07 Å². The Morgan fingerprint density at radius 3 is 2.50 bits per heavy atom. The predicted octanol–water partition coefficient (Wildman–Crippen LogP) is 4.50. The molecule has 0 aliphatic heterocycles. The van der Waals surface area contributed by atoms with Gasteiger partial charge in [0, 0.05) is 4.47 Å². The van der Waals surface area contributed by atoms with Gasteiger partial charge in [0.25, 0.3) is 10.0 Å². The first kappa shape index (κ1) is 17.0. The van der Waals surface area contributed by atoms with E-state index in [9.17, 15) is 17.2 Å². The molecule has 0 saturated heterocycles. The van der Waals surface area contributed by atoms with Crippen LogP contribution in [0.4, 0.5) is 14.5 Å². The second kappa shape index (κ2) is 6.80. The second-order valence-corrected chi connectivity index (χ2v) is 7.09. The van der Waals surface area contributed by atoms with Crippen molar-refractivity contribution in [3.63, 3.8) is 0 Å². The Bertz CT molecular complexity index is 787. The molecule has 0 amide bonds. The number of halogens is 4. The zero-order chi connectivity index (χ0) is 16.3. The van der Waals surface area contributed by atoms with Gasteiger partial charge in [-0.3, -0.25) is 4.72 Å². The molecule has 4 nitrogen and oxygen atoms in total. The molecule has 0 atom stereocenters. The highest BCUT2D eigenvalue weighted by Gasteiger charge is 2.16. The topological polar surface area (TPSA) is 55.4 Å². The van der Waals surface area contributed by atoms with Gasteiger partial charge in [-0.25, -0.2) is 8.42 Å². The van der Waals surface area contributed by atoms with Crippen LogP contribution in [0.2, 0.25) is 5.02 Å². The van der Waals surface area contributed by atoms with Crippen LogP contribution in [0.3, 0.4) is 0 Å². The van der Waals surface area contributed by atoms with Gasteiger partial charge in [-0.2, -0.15) is 8.78 Å². The summed E-state index contributed by atoms with van der Waals surface area (Å²) in [5.74, 6) is -0.234. The van der Waals surface area contributed by atoms with E-state index in [2.05, 4.69) is 25.4 Å². The first-order chi connectivity index (χ1) is 10.3. The van der Waals surface area contributed by atoms with E-state index in [1.165, 1.54) is 24.3 Å². The van der Waals surface area contributed by atoms with Gasteiger partial charge < -0.3 is 4.74 Å². The molecule has 0 heterocycles. The van der Waals surface area contributed by atoms with Gasteiger partial charge in [0.05, 0.1) is 15.6 Å². The smallest absolute Gasteiger partial charge is 0.387 e. The molecule has 0 aliphatic rings. The molecule has 0 aliphatic carbocycles. The number of rotatable bonds is 5. The highest BCUT2D eigenvalue weighted by Crippen LogP contribution is 2.30. The molecule has 2 rings (SSSR count). The average molecular weight is 413 g/mol. The molecule has 0 fully saturated rings. The largest absolute Gasteiger partial charge is 0.433 e. The molecule has 118 valence electrons. The third kappa shape index (κ3) is 4.31. The predicted molar refractivity (Wildman–Crippen MR) is 83.0 cm³/mol. The minimum absolute atomic E-state index is 0.0471. The lowest BCUT2D eigenvalue weighted by molar-refractivity contribution is -0.0497. The summed E-state index contributed by atoms with van der Waals surface area (Å²) in [6.07, 6.45) is 0. The van der Waals surface area contributed by atoms with Gasteiger partial charge in [-0.15, -0.1) is 0 Å². The number of hydrogen-bond donors (Lipinski definition) is 1. The summed E-state index contributed by atoms with van der Waals surface area (Å²) in [4.78, 5) is 0.0471. The maximum Gasteiger partial charge on any atom is 0.387 e. The van der Waals surface area contributed by atoms with Crippen LogP contribution in [0.15, 0.2) is 51.8 Å². The van der Waals surface area contributed by atoms with Gasteiger partial charge in [0.15, 0.2) is 0 Å². The molecule has 22 heavy (non-hydrogen) atoms. The Balaban J connectivity index is 2.25. The minimum Gasteiger partial charge on any atom is -0.433 e. The third-order valence-electron chi connectivity index (χ3n) is 2.51. The SMILES string of the molecule is O=S(=O)(Nc1ccc(OC(F)F)c(Cl)c1)c1cccc(Br)c1. The number of ether oxygens (including phenoxy) is 1. The zero-order valence-electron chi connectivity index (χ0n) is 10.8. The van der Waals surface area contributed by atoms with E-state index in [1.807, 2.05) is 0 Å². The van der Waals surface area contributed by atoms with E-state index >= 15 is 0 Å². The lowest BCUT2D eigenvalue weighted by Gasteiger charge is -2.11. The van der Waals surface area contributed by atoms with E-state index in [4.69, 9.17) is 11.6 Å². The summed E-state index contributed by atoms with van der Waals surface area (Å²) in [5.41, 5.74) is 0.131. The van der Waals surface area contributed by atoms with Crippen LogP contribution in [-0.2, 0) is 10.0 Å². The van der Waals surface area contributed by atoms with Crippen LogP contribution in [0.1, 0.15) is 0 Å². The maximum absolute atomic E-state index is 12.2. The van der Waals surface area contributed by atoms with Crippen LogP contribution in [0.25, 0.3) is 0 Å². The summed E-state index contributed by atoms with van der Waals surface area (Å²) < 4.78 is 55.8. The first-order valence-corrected chi connectivity index (χ1v) is 8.46. The van der Waals surface area contributed by atoms with Crippen LogP contribution in [-0.4, -0.2) is 15.0 Å². The lowest BCUT2D eigenvalue weighted by atomic mass is 10.3. The van der Waals surface area contributed by atoms with Gasteiger partial charge in [0.2, 0.25) is 0 Å². The van der Waals surface area contributed by atoms with Crippen LogP contribution >= 0.6 is 27.5 Å². The molecule has 0 saturated carbocycles. The summed E-state index contributed by atoms with van der Waals surface area (Å²) in [6.45, 7) is -3.01. The van der Waals surface area contributed by atoms with Crippen molar-refractivity contribution in [1.82, 2.24) is 0 Å². The maximum atomic E-state index is 12.2. The molecular weight excluding hydrogens is 404 g/mol. The van der Waals surface area contributed by atoms with Crippen molar-refractivity contribution in [3.05, 3.63) is 52.0 Å².